The molecular formula is C33H38N6O3. The smallest absolute Gasteiger partial charge is 0.410 e. The van der Waals surface area contributed by atoms with Gasteiger partial charge in [0.1, 0.15) is 22.8 Å². The monoisotopic (exact) mass is 566 g/mol. The minimum atomic E-state index is -0.585. The fourth-order valence-electron chi connectivity index (χ4n) is 6.25. The van der Waals surface area contributed by atoms with E-state index in [1.54, 1.807) is 13.0 Å². The summed E-state index contributed by atoms with van der Waals surface area (Å²) >= 11 is 0. The fraction of sp³-hybridized carbons (Fsp3) is 0.424. The highest BCUT2D eigenvalue weighted by Gasteiger charge is 2.36. The van der Waals surface area contributed by atoms with Gasteiger partial charge in [0.15, 0.2) is 0 Å². The molecule has 1 fully saturated rings. The highest BCUT2D eigenvalue weighted by molar-refractivity contribution is 5.92. The molecule has 3 aromatic heterocycles. The number of nitrogens with one attached hydrogen (secondary N) is 1. The van der Waals surface area contributed by atoms with Crippen molar-refractivity contribution in [1.29, 1.82) is 0 Å². The van der Waals surface area contributed by atoms with Crippen molar-refractivity contribution in [3.05, 3.63) is 76.1 Å². The Morgan fingerprint density at radius 1 is 1.02 bits per heavy atom. The van der Waals surface area contributed by atoms with E-state index in [4.69, 9.17) is 4.74 Å². The Bertz CT molecular complexity index is 1680. The summed E-state index contributed by atoms with van der Waals surface area (Å²) in [5.41, 5.74) is 8.09. The number of aromatic amines is 1. The predicted molar refractivity (Wildman–Crippen MR) is 161 cm³/mol. The van der Waals surface area contributed by atoms with E-state index in [0.29, 0.717) is 37.6 Å². The molecule has 2 aliphatic heterocycles. The Kier molecular flexibility index (Phi) is 6.99. The Labute approximate surface area is 246 Å². The Hall–Kier alpha value is -4.27. The second kappa shape index (κ2) is 10.5. The minimum Gasteiger partial charge on any atom is -0.444 e. The Balaban J connectivity index is 1.42. The highest BCUT2D eigenvalue weighted by Crippen LogP contribution is 2.40. The molecule has 2 aliphatic rings. The van der Waals surface area contributed by atoms with Crippen molar-refractivity contribution in [2.75, 3.05) is 13.1 Å². The topological polar surface area (TPSA) is 104 Å². The van der Waals surface area contributed by atoms with Crippen LogP contribution in [-0.4, -0.2) is 60.4 Å². The van der Waals surface area contributed by atoms with Crippen LogP contribution in [0.5, 0.6) is 0 Å². The van der Waals surface area contributed by atoms with Crippen LogP contribution in [0.3, 0.4) is 0 Å². The molecular weight excluding hydrogens is 528 g/mol. The molecule has 9 nitrogen and oxygen atoms in total. The van der Waals surface area contributed by atoms with Crippen molar-refractivity contribution in [3.63, 3.8) is 0 Å². The van der Waals surface area contributed by atoms with Gasteiger partial charge in [-0.2, -0.15) is 0 Å². The molecule has 42 heavy (non-hydrogen) atoms. The molecule has 0 radical (unpaired) electrons. The molecule has 2 amide bonds. The van der Waals surface area contributed by atoms with Crippen LogP contribution in [0, 0.1) is 20.8 Å². The minimum absolute atomic E-state index is 0.0997. The zero-order valence-electron chi connectivity index (χ0n) is 25.2. The van der Waals surface area contributed by atoms with E-state index in [9.17, 15) is 9.59 Å². The van der Waals surface area contributed by atoms with Crippen molar-refractivity contribution in [2.45, 2.75) is 79.0 Å². The van der Waals surface area contributed by atoms with Crippen LogP contribution in [0.4, 0.5) is 4.79 Å². The number of carbonyl (C=O) groups is 2. The van der Waals surface area contributed by atoms with Gasteiger partial charge in [-0.05, 0) is 107 Å². The number of H-pyrrole nitrogens is 1. The summed E-state index contributed by atoms with van der Waals surface area (Å²) in [4.78, 5) is 47.4. The number of pyridine rings is 1. The van der Waals surface area contributed by atoms with Crippen LogP contribution in [0.2, 0.25) is 0 Å². The van der Waals surface area contributed by atoms with Crippen molar-refractivity contribution in [1.82, 2.24) is 29.7 Å². The van der Waals surface area contributed by atoms with E-state index in [1.807, 2.05) is 49.9 Å². The first-order chi connectivity index (χ1) is 20.0. The molecule has 4 aromatic rings. The van der Waals surface area contributed by atoms with E-state index < -0.39 is 5.60 Å². The van der Waals surface area contributed by atoms with Gasteiger partial charge in [0.05, 0.1) is 6.04 Å². The van der Waals surface area contributed by atoms with Crippen LogP contribution in [0.1, 0.15) is 83.9 Å². The summed E-state index contributed by atoms with van der Waals surface area (Å²) in [5, 5.41) is 1.09. The molecule has 1 saturated heterocycles. The van der Waals surface area contributed by atoms with Gasteiger partial charge in [0.2, 0.25) is 0 Å². The Morgan fingerprint density at radius 3 is 2.60 bits per heavy atom. The average Bonchev–Trinajstić information content (AvgIpc) is 3.57. The molecule has 1 aromatic carbocycles. The van der Waals surface area contributed by atoms with E-state index in [2.05, 4.69) is 45.1 Å². The van der Waals surface area contributed by atoms with Crippen molar-refractivity contribution in [3.8, 4) is 11.1 Å². The highest BCUT2D eigenvalue weighted by atomic mass is 16.6. The summed E-state index contributed by atoms with van der Waals surface area (Å²) in [5.74, 6) is 0.487. The molecule has 0 bridgehead atoms. The molecule has 5 heterocycles. The largest absolute Gasteiger partial charge is 0.444 e. The van der Waals surface area contributed by atoms with Crippen LogP contribution in [0.25, 0.3) is 22.2 Å². The summed E-state index contributed by atoms with van der Waals surface area (Å²) in [6, 6.07) is 8.22. The number of hydrogen-bond acceptors (Lipinski definition) is 6. The molecule has 0 aliphatic carbocycles. The third-order valence-corrected chi connectivity index (χ3v) is 8.16. The van der Waals surface area contributed by atoms with Gasteiger partial charge < -0.3 is 19.5 Å². The van der Waals surface area contributed by atoms with Crippen molar-refractivity contribution in [2.24, 2.45) is 0 Å². The quantitative estimate of drug-likeness (QED) is 0.316. The lowest BCUT2D eigenvalue weighted by atomic mass is 9.86. The first-order valence-corrected chi connectivity index (χ1v) is 14.7. The van der Waals surface area contributed by atoms with Gasteiger partial charge in [-0.1, -0.05) is 6.07 Å². The van der Waals surface area contributed by atoms with Crippen LogP contribution < -0.4 is 0 Å². The third kappa shape index (κ3) is 5.35. The van der Waals surface area contributed by atoms with E-state index in [1.165, 1.54) is 5.56 Å². The average molecular weight is 567 g/mol. The van der Waals surface area contributed by atoms with Gasteiger partial charge in [-0.15, -0.1) is 0 Å². The second-order valence-electron chi connectivity index (χ2n) is 12.5. The predicted octanol–water partition coefficient (Wildman–Crippen LogP) is 6.22. The van der Waals surface area contributed by atoms with Crippen LogP contribution in [0.15, 0.2) is 36.7 Å². The van der Waals surface area contributed by atoms with Gasteiger partial charge >= 0.3 is 6.09 Å². The van der Waals surface area contributed by atoms with Gasteiger partial charge in [-0.25, -0.2) is 19.7 Å². The number of ether oxygens (including phenoxy) is 1. The number of aromatic nitrogens is 4. The number of fused-ring (bicyclic) bond motifs is 2. The summed E-state index contributed by atoms with van der Waals surface area (Å²) in [6.45, 7) is 13.1. The number of benzene rings is 1. The Morgan fingerprint density at radius 2 is 1.83 bits per heavy atom. The molecule has 0 spiro atoms. The van der Waals surface area contributed by atoms with E-state index in [0.717, 1.165) is 57.4 Å². The molecule has 6 rings (SSSR count). The van der Waals surface area contributed by atoms with Gasteiger partial charge in [0.25, 0.3) is 5.91 Å². The van der Waals surface area contributed by atoms with E-state index >= 15 is 0 Å². The summed E-state index contributed by atoms with van der Waals surface area (Å²) in [6.07, 6.45) is 6.02. The number of carbonyl (C=O) groups excluding carboxylic acids is 2. The number of amides is 2. The summed E-state index contributed by atoms with van der Waals surface area (Å²) in [7, 11) is 0. The summed E-state index contributed by atoms with van der Waals surface area (Å²) < 4.78 is 5.82. The number of aryl methyl sites for hydroxylation is 3. The first kappa shape index (κ1) is 27.9. The van der Waals surface area contributed by atoms with Crippen molar-refractivity contribution >= 4 is 23.0 Å². The van der Waals surface area contributed by atoms with Gasteiger partial charge in [-0.3, -0.25) is 4.79 Å². The SMILES string of the molecule is Cc1cc(C(=O)N2CCc3cc(-c4cnc5[nH]cc(C)c5c4)cc(C4CCCN4C(=O)OC(C)(C)C)c3C2)nc(C)n1. The third-order valence-electron chi connectivity index (χ3n) is 8.16. The number of hydrogen-bond donors (Lipinski definition) is 1. The first-order valence-electron chi connectivity index (χ1n) is 14.7. The molecule has 1 unspecified atom stereocenters. The zero-order chi connectivity index (χ0) is 29.8. The molecule has 1 atom stereocenters. The van der Waals surface area contributed by atoms with Crippen molar-refractivity contribution < 1.29 is 14.3 Å². The molecule has 0 saturated carbocycles. The lowest BCUT2D eigenvalue weighted by Gasteiger charge is -2.34. The van der Waals surface area contributed by atoms with Crippen LogP contribution >= 0.6 is 0 Å². The zero-order valence-corrected chi connectivity index (χ0v) is 25.2. The number of likely N-dealkylation sites (tertiary alicyclic amines) is 1. The number of nitrogens with zero attached hydrogens (tertiary/aromatic N) is 5. The fourth-order valence-corrected chi connectivity index (χ4v) is 6.25. The van der Waals surface area contributed by atoms with Crippen LogP contribution in [-0.2, 0) is 17.7 Å². The maximum Gasteiger partial charge on any atom is 0.410 e. The van der Waals surface area contributed by atoms with E-state index in [-0.39, 0.29) is 18.0 Å². The lowest BCUT2D eigenvalue weighted by Crippen LogP contribution is -2.39. The second-order valence-corrected chi connectivity index (χ2v) is 12.5. The molecule has 1 N–H and O–H groups in total. The lowest BCUT2D eigenvalue weighted by molar-refractivity contribution is 0.0222. The standard InChI is InChI=1S/C33H38N6O3/c1-19-16-34-30-25(19)15-24(17-35-30)23-13-22-9-11-38(31(40)28-12-20(2)36-21(3)37-28)18-27(22)26(14-23)29-8-7-10-39(29)32(41)42-33(4,5)6/h12-17,29H,7-11,18H2,1-6H3,(H,34,35). The normalized spacial score (nSPS) is 17.0. The maximum atomic E-state index is 13.6. The molecule has 218 valence electrons. The van der Waals surface area contributed by atoms with Gasteiger partial charge in [0, 0.05) is 48.7 Å². The number of rotatable bonds is 3. The molecule has 9 heteroatoms. The maximum absolute atomic E-state index is 13.6.